The van der Waals surface area contributed by atoms with Crippen molar-refractivity contribution < 1.29 is 4.79 Å². The van der Waals surface area contributed by atoms with E-state index in [1.54, 1.807) is 0 Å². The topological polar surface area (TPSA) is 75.1 Å². The second kappa shape index (κ2) is 10.6. The number of amides is 1. The number of thiocarbonyl (C=S) groups is 1. The van der Waals surface area contributed by atoms with Gasteiger partial charge >= 0.3 is 0 Å². The maximum atomic E-state index is 12.3. The van der Waals surface area contributed by atoms with Gasteiger partial charge in [0, 0.05) is 41.1 Å². The Morgan fingerprint density at radius 3 is 2.46 bits per heavy atom. The van der Waals surface area contributed by atoms with Gasteiger partial charge in [0.1, 0.15) is 5.82 Å². The summed E-state index contributed by atoms with van der Waals surface area (Å²) in [5, 5.41) is 7.22. The fourth-order valence-corrected chi connectivity index (χ4v) is 5.59. The number of nitrogens with zero attached hydrogens (tertiary/aromatic N) is 4. The fourth-order valence-electron chi connectivity index (χ4n) is 5.25. The lowest BCUT2D eigenvalue weighted by Gasteiger charge is -2.29. The van der Waals surface area contributed by atoms with Crippen LogP contribution in [-0.4, -0.2) is 25.6 Å². The molecule has 1 amide bonds. The number of hydrogen-bond acceptors (Lipinski definition) is 4. The zero-order chi connectivity index (χ0) is 27.8. The molecule has 8 heteroatoms. The number of anilines is 2. The number of aryl methyl sites for hydroxylation is 3. The summed E-state index contributed by atoms with van der Waals surface area (Å²) in [7, 11) is 0. The summed E-state index contributed by atoms with van der Waals surface area (Å²) < 4.78 is 2.20. The summed E-state index contributed by atoms with van der Waals surface area (Å²) in [5.41, 5.74) is 8.15. The monoisotopic (exact) mass is 538 g/mol. The van der Waals surface area contributed by atoms with Crippen molar-refractivity contribution in [1.82, 2.24) is 19.9 Å². The van der Waals surface area contributed by atoms with E-state index in [0.29, 0.717) is 5.11 Å². The number of aromatic nitrogens is 3. The minimum atomic E-state index is -0.154. The van der Waals surface area contributed by atoms with Crippen LogP contribution in [0.25, 0.3) is 5.82 Å². The highest BCUT2D eigenvalue weighted by atomic mass is 32.1. The first-order valence-electron chi connectivity index (χ1n) is 13.2. The lowest BCUT2D eigenvalue weighted by atomic mass is 9.96. The first-order valence-corrected chi connectivity index (χ1v) is 13.6. The third-order valence-electron chi connectivity index (χ3n) is 7.29. The molecule has 7 nitrogen and oxygen atoms in total. The second-order valence-electron chi connectivity index (χ2n) is 10.5. The predicted molar refractivity (Wildman–Crippen MR) is 160 cm³/mol. The normalized spacial score (nSPS) is 17.0. The molecule has 39 heavy (non-hydrogen) atoms. The van der Waals surface area contributed by atoms with Crippen LogP contribution in [0.2, 0.25) is 0 Å². The average molecular weight is 539 g/mol. The number of benzene rings is 1. The Morgan fingerprint density at radius 2 is 1.79 bits per heavy atom. The molecule has 0 aliphatic carbocycles. The standard InChI is InChI=1S/C31H34N6OS/c1-18(2)30(38)34-25-11-10-23(16-20(25)4)37-29(28(35-31(37)39)26-9-7-8-13-32-26)24-17-21(5)36(22(24)6)27-15-19(3)12-14-33-27/h7-18,28-29H,1-6H3,(H,34,38)(H,35,39)/t28-,29+/m1/s1. The molecule has 0 saturated carbocycles. The smallest absolute Gasteiger partial charge is 0.226 e. The van der Waals surface area contributed by atoms with E-state index in [9.17, 15) is 4.79 Å². The molecule has 1 aliphatic rings. The van der Waals surface area contributed by atoms with E-state index in [0.717, 1.165) is 51.0 Å². The van der Waals surface area contributed by atoms with Crippen LogP contribution in [0.1, 0.15) is 59.7 Å². The number of nitrogens with one attached hydrogen (secondary N) is 2. The van der Waals surface area contributed by atoms with Crippen molar-refractivity contribution in [2.45, 2.75) is 53.6 Å². The van der Waals surface area contributed by atoms with Gasteiger partial charge in [0.2, 0.25) is 5.91 Å². The van der Waals surface area contributed by atoms with Gasteiger partial charge in [-0.15, -0.1) is 0 Å². The molecule has 0 bridgehead atoms. The van der Waals surface area contributed by atoms with Gasteiger partial charge in [-0.2, -0.15) is 0 Å². The number of rotatable bonds is 6. The highest BCUT2D eigenvalue weighted by molar-refractivity contribution is 7.80. The first-order chi connectivity index (χ1) is 18.7. The Bertz CT molecular complexity index is 1540. The highest BCUT2D eigenvalue weighted by Gasteiger charge is 2.42. The Morgan fingerprint density at radius 1 is 1.00 bits per heavy atom. The molecule has 4 heterocycles. The molecule has 0 spiro atoms. The van der Waals surface area contributed by atoms with Crippen molar-refractivity contribution in [3.8, 4) is 5.82 Å². The van der Waals surface area contributed by atoms with Crippen molar-refractivity contribution in [3.05, 3.63) is 101 Å². The third-order valence-corrected chi connectivity index (χ3v) is 7.60. The average Bonchev–Trinajstić information content (AvgIpc) is 3.40. The van der Waals surface area contributed by atoms with Crippen LogP contribution in [-0.2, 0) is 4.79 Å². The van der Waals surface area contributed by atoms with Crippen LogP contribution in [0.5, 0.6) is 0 Å². The molecule has 0 unspecified atom stereocenters. The van der Waals surface area contributed by atoms with Gasteiger partial charge in [0.15, 0.2) is 5.11 Å². The summed E-state index contributed by atoms with van der Waals surface area (Å²) in [4.78, 5) is 23.9. The van der Waals surface area contributed by atoms with Crippen molar-refractivity contribution in [3.63, 3.8) is 0 Å². The van der Waals surface area contributed by atoms with Gasteiger partial charge in [-0.1, -0.05) is 19.9 Å². The van der Waals surface area contributed by atoms with Gasteiger partial charge < -0.3 is 20.1 Å². The summed E-state index contributed by atoms with van der Waals surface area (Å²) in [6, 6.07) is 18.1. The lowest BCUT2D eigenvalue weighted by Crippen LogP contribution is -2.29. The van der Waals surface area contributed by atoms with E-state index in [1.807, 2.05) is 69.6 Å². The van der Waals surface area contributed by atoms with Crippen molar-refractivity contribution in [1.29, 1.82) is 0 Å². The summed E-state index contributed by atoms with van der Waals surface area (Å²) in [6.07, 6.45) is 3.66. The number of hydrogen-bond donors (Lipinski definition) is 2. The maximum absolute atomic E-state index is 12.3. The SMILES string of the molecule is Cc1ccnc(-n2c(C)cc([C@H]3[C@@H](c4ccccn4)NC(=S)N3c3ccc(NC(=O)C(C)C)c(C)c3)c2C)c1. The zero-order valence-corrected chi connectivity index (χ0v) is 24.0. The van der Waals surface area contributed by atoms with E-state index in [2.05, 4.69) is 64.1 Å². The minimum absolute atomic E-state index is 0.00509. The Hall–Kier alpha value is -4.04. The number of pyridine rings is 2. The summed E-state index contributed by atoms with van der Waals surface area (Å²) in [5.74, 6) is 0.794. The summed E-state index contributed by atoms with van der Waals surface area (Å²) in [6.45, 7) is 12.1. The number of carbonyl (C=O) groups excluding carboxylic acids is 1. The number of carbonyl (C=O) groups is 1. The fraction of sp³-hybridized carbons (Fsp3) is 0.290. The molecule has 3 aromatic heterocycles. The van der Waals surface area contributed by atoms with Gasteiger partial charge in [0.25, 0.3) is 0 Å². The quantitative estimate of drug-likeness (QED) is 0.282. The molecule has 2 N–H and O–H groups in total. The van der Waals surface area contributed by atoms with E-state index in [1.165, 1.54) is 0 Å². The molecule has 200 valence electrons. The zero-order valence-electron chi connectivity index (χ0n) is 23.2. The van der Waals surface area contributed by atoms with Crippen molar-refractivity contribution in [2.75, 3.05) is 10.2 Å². The van der Waals surface area contributed by atoms with Crippen molar-refractivity contribution in [2.24, 2.45) is 5.92 Å². The summed E-state index contributed by atoms with van der Waals surface area (Å²) >= 11 is 5.95. The van der Waals surface area contributed by atoms with Gasteiger partial charge in [-0.25, -0.2) is 4.98 Å². The van der Waals surface area contributed by atoms with Crippen LogP contribution < -0.4 is 15.5 Å². The van der Waals surface area contributed by atoms with Gasteiger partial charge in [-0.3, -0.25) is 9.78 Å². The van der Waals surface area contributed by atoms with Crippen LogP contribution in [0.3, 0.4) is 0 Å². The lowest BCUT2D eigenvalue weighted by molar-refractivity contribution is -0.118. The molecule has 5 rings (SSSR count). The Kier molecular flexibility index (Phi) is 7.23. The van der Waals surface area contributed by atoms with Crippen molar-refractivity contribution >= 4 is 34.6 Å². The van der Waals surface area contributed by atoms with Crippen LogP contribution >= 0.6 is 12.2 Å². The van der Waals surface area contributed by atoms with E-state index in [4.69, 9.17) is 17.2 Å². The van der Waals surface area contributed by atoms with Gasteiger partial charge in [0.05, 0.1) is 17.8 Å². The molecular weight excluding hydrogens is 504 g/mol. The van der Waals surface area contributed by atoms with Crippen LogP contribution in [0, 0.1) is 33.6 Å². The highest BCUT2D eigenvalue weighted by Crippen LogP contribution is 2.44. The molecule has 2 atom stereocenters. The maximum Gasteiger partial charge on any atom is 0.226 e. The van der Waals surface area contributed by atoms with Gasteiger partial charge in [-0.05, 0) is 105 Å². The molecule has 1 fully saturated rings. The molecule has 1 saturated heterocycles. The minimum Gasteiger partial charge on any atom is -0.351 e. The predicted octanol–water partition coefficient (Wildman–Crippen LogP) is 6.27. The van der Waals surface area contributed by atoms with Crippen LogP contribution in [0.15, 0.2) is 67.0 Å². The second-order valence-corrected chi connectivity index (χ2v) is 10.9. The molecule has 1 aliphatic heterocycles. The van der Waals surface area contributed by atoms with E-state index < -0.39 is 0 Å². The molecule has 0 radical (unpaired) electrons. The van der Waals surface area contributed by atoms with Crippen LogP contribution in [0.4, 0.5) is 11.4 Å². The third kappa shape index (κ3) is 5.04. The Labute approximate surface area is 235 Å². The van der Waals surface area contributed by atoms with E-state index in [-0.39, 0.29) is 23.9 Å². The molecule has 1 aromatic carbocycles. The largest absolute Gasteiger partial charge is 0.351 e. The molecular formula is C31H34N6OS. The Balaban J connectivity index is 1.62. The first kappa shape index (κ1) is 26.6. The molecule has 4 aromatic rings. The van der Waals surface area contributed by atoms with E-state index >= 15 is 0 Å².